The SMILES string of the molecule is Cc1ccc(N[C@@H](C)CC(C)C)cn1. The molecule has 0 radical (unpaired) electrons. The van der Waals surface area contributed by atoms with Gasteiger partial charge in [-0.1, -0.05) is 13.8 Å². The fourth-order valence-corrected chi connectivity index (χ4v) is 1.60. The van der Waals surface area contributed by atoms with E-state index in [9.17, 15) is 0 Å². The highest BCUT2D eigenvalue weighted by Gasteiger charge is 2.04. The molecule has 0 aliphatic heterocycles. The zero-order valence-electron chi connectivity index (χ0n) is 9.54. The van der Waals surface area contributed by atoms with Crippen molar-refractivity contribution in [3.05, 3.63) is 24.0 Å². The molecule has 1 N–H and O–H groups in total. The second-order valence-corrected chi connectivity index (χ2v) is 4.36. The number of aromatic nitrogens is 1. The van der Waals surface area contributed by atoms with Crippen molar-refractivity contribution in [2.24, 2.45) is 5.92 Å². The fraction of sp³-hybridized carbons (Fsp3) is 0.583. The fourth-order valence-electron chi connectivity index (χ4n) is 1.60. The summed E-state index contributed by atoms with van der Waals surface area (Å²) in [5.74, 6) is 0.732. The standard InChI is InChI=1S/C12H20N2/c1-9(2)7-11(4)14-12-6-5-10(3)13-8-12/h5-6,8-9,11,14H,7H2,1-4H3/t11-/m0/s1. The molecule has 0 amide bonds. The second kappa shape index (κ2) is 4.99. The van der Waals surface area contributed by atoms with Crippen molar-refractivity contribution >= 4 is 5.69 Å². The highest BCUT2D eigenvalue weighted by atomic mass is 14.9. The van der Waals surface area contributed by atoms with Crippen LogP contribution in [0.2, 0.25) is 0 Å². The van der Waals surface area contributed by atoms with Gasteiger partial charge in [-0.25, -0.2) is 0 Å². The summed E-state index contributed by atoms with van der Waals surface area (Å²) in [7, 11) is 0. The van der Waals surface area contributed by atoms with Crippen LogP contribution in [0, 0.1) is 12.8 Å². The predicted molar refractivity (Wildman–Crippen MR) is 61.5 cm³/mol. The molecule has 1 aromatic heterocycles. The van der Waals surface area contributed by atoms with Gasteiger partial charge in [-0.2, -0.15) is 0 Å². The molecule has 2 heteroatoms. The molecule has 1 rings (SSSR count). The molecule has 1 atom stereocenters. The molecule has 0 fully saturated rings. The molecule has 0 aliphatic rings. The summed E-state index contributed by atoms with van der Waals surface area (Å²) >= 11 is 0. The smallest absolute Gasteiger partial charge is 0.0528 e. The monoisotopic (exact) mass is 192 g/mol. The Morgan fingerprint density at radius 2 is 2.00 bits per heavy atom. The first-order valence-corrected chi connectivity index (χ1v) is 5.27. The Bertz CT molecular complexity index is 264. The van der Waals surface area contributed by atoms with Gasteiger partial charge in [-0.15, -0.1) is 0 Å². The van der Waals surface area contributed by atoms with E-state index in [0.717, 1.165) is 17.3 Å². The van der Waals surface area contributed by atoms with Crippen molar-refractivity contribution < 1.29 is 0 Å². The minimum Gasteiger partial charge on any atom is -0.381 e. The Kier molecular flexibility index (Phi) is 3.93. The second-order valence-electron chi connectivity index (χ2n) is 4.36. The van der Waals surface area contributed by atoms with Crippen molar-refractivity contribution in [3.63, 3.8) is 0 Å². The van der Waals surface area contributed by atoms with Gasteiger partial charge in [0.1, 0.15) is 0 Å². The van der Waals surface area contributed by atoms with Crippen LogP contribution in [0.1, 0.15) is 32.9 Å². The van der Waals surface area contributed by atoms with E-state index >= 15 is 0 Å². The molecule has 0 saturated carbocycles. The number of hydrogen-bond acceptors (Lipinski definition) is 2. The van der Waals surface area contributed by atoms with Gasteiger partial charge in [0.2, 0.25) is 0 Å². The topological polar surface area (TPSA) is 24.9 Å². The van der Waals surface area contributed by atoms with Crippen molar-refractivity contribution in [1.29, 1.82) is 0 Å². The molecule has 0 bridgehead atoms. The van der Waals surface area contributed by atoms with Crippen LogP contribution in [0.5, 0.6) is 0 Å². The Morgan fingerprint density at radius 3 is 2.50 bits per heavy atom. The lowest BCUT2D eigenvalue weighted by molar-refractivity contribution is 0.539. The van der Waals surface area contributed by atoms with Crippen molar-refractivity contribution in [2.75, 3.05) is 5.32 Å². The third kappa shape index (κ3) is 3.77. The minimum absolute atomic E-state index is 0.513. The van der Waals surface area contributed by atoms with Crippen LogP contribution in [0.3, 0.4) is 0 Å². The van der Waals surface area contributed by atoms with E-state index in [-0.39, 0.29) is 0 Å². The quantitative estimate of drug-likeness (QED) is 0.792. The van der Waals surface area contributed by atoms with E-state index in [2.05, 4.69) is 37.1 Å². The first-order chi connectivity index (χ1) is 6.58. The van der Waals surface area contributed by atoms with E-state index in [1.807, 2.05) is 19.2 Å². The lowest BCUT2D eigenvalue weighted by atomic mass is 10.1. The van der Waals surface area contributed by atoms with Gasteiger partial charge in [-0.3, -0.25) is 4.98 Å². The van der Waals surface area contributed by atoms with Crippen LogP contribution in [0.4, 0.5) is 5.69 Å². The van der Waals surface area contributed by atoms with Gasteiger partial charge in [0.05, 0.1) is 11.9 Å². The van der Waals surface area contributed by atoms with Crippen LogP contribution in [-0.2, 0) is 0 Å². The number of pyridine rings is 1. The average molecular weight is 192 g/mol. The molecule has 0 spiro atoms. The van der Waals surface area contributed by atoms with E-state index in [0.29, 0.717) is 6.04 Å². The normalized spacial score (nSPS) is 12.9. The number of aryl methyl sites for hydroxylation is 1. The van der Waals surface area contributed by atoms with Crippen molar-refractivity contribution in [2.45, 2.75) is 40.2 Å². The van der Waals surface area contributed by atoms with Crippen LogP contribution in [-0.4, -0.2) is 11.0 Å². The van der Waals surface area contributed by atoms with Gasteiger partial charge in [0.15, 0.2) is 0 Å². The number of nitrogens with zero attached hydrogens (tertiary/aromatic N) is 1. The Hall–Kier alpha value is -1.05. The lowest BCUT2D eigenvalue weighted by Crippen LogP contribution is -2.17. The first kappa shape index (κ1) is 11.0. The van der Waals surface area contributed by atoms with Gasteiger partial charge >= 0.3 is 0 Å². The van der Waals surface area contributed by atoms with Gasteiger partial charge < -0.3 is 5.32 Å². The first-order valence-electron chi connectivity index (χ1n) is 5.27. The van der Waals surface area contributed by atoms with Gasteiger partial charge in [-0.05, 0) is 38.3 Å². The van der Waals surface area contributed by atoms with Crippen LogP contribution in [0.15, 0.2) is 18.3 Å². The molecule has 0 aliphatic carbocycles. The minimum atomic E-state index is 0.513. The maximum Gasteiger partial charge on any atom is 0.0528 e. The zero-order chi connectivity index (χ0) is 10.6. The largest absolute Gasteiger partial charge is 0.381 e. The summed E-state index contributed by atoms with van der Waals surface area (Å²) in [5, 5.41) is 3.44. The molecule has 1 aromatic rings. The van der Waals surface area contributed by atoms with Crippen molar-refractivity contribution in [1.82, 2.24) is 4.98 Å². The van der Waals surface area contributed by atoms with Gasteiger partial charge in [0.25, 0.3) is 0 Å². The van der Waals surface area contributed by atoms with E-state index in [1.165, 1.54) is 6.42 Å². The molecule has 0 saturated heterocycles. The summed E-state index contributed by atoms with van der Waals surface area (Å²) in [6.45, 7) is 8.69. The van der Waals surface area contributed by atoms with E-state index < -0.39 is 0 Å². The Balaban J connectivity index is 2.47. The summed E-state index contributed by atoms with van der Waals surface area (Å²) in [5.41, 5.74) is 2.18. The van der Waals surface area contributed by atoms with Crippen molar-refractivity contribution in [3.8, 4) is 0 Å². The molecule has 78 valence electrons. The molecule has 14 heavy (non-hydrogen) atoms. The number of nitrogens with one attached hydrogen (secondary N) is 1. The predicted octanol–water partition coefficient (Wildman–Crippen LogP) is 3.24. The molecule has 1 heterocycles. The molecule has 2 nitrogen and oxygen atoms in total. The zero-order valence-corrected chi connectivity index (χ0v) is 9.54. The number of rotatable bonds is 4. The molecular weight excluding hydrogens is 172 g/mol. The summed E-state index contributed by atoms with van der Waals surface area (Å²) < 4.78 is 0. The third-order valence-electron chi connectivity index (χ3n) is 2.15. The lowest BCUT2D eigenvalue weighted by Gasteiger charge is -2.16. The van der Waals surface area contributed by atoms with Crippen LogP contribution in [0.25, 0.3) is 0 Å². The highest BCUT2D eigenvalue weighted by molar-refractivity contribution is 5.41. The van der Waals surface area contributed by atoms with E-state index in [1.54, 1.807) is 0 Å². The number of anilines is 1. The number of hydrogen-bond donors (Lipinski definition) is 1. The Labute approximate surface area is 86.8 Å². The van der Waals surface area contributed by atoms with E-state index in [4.69, 9.17) is 0 Å². The van der Waals surface area contributed by atoms with Crippen LogP contribution >= 0.6 is 0 Å². The summed E-state index contributed by atoms with van der Waals surface area (Å²) in [6, 6.07) is 4.63. The third-order valence-corrected chi connectivity index (χ3v) is 2.15. The van der Waals surface area contributed by atoms with Crippen LogP contribution < -0.4 is 5.32 Å². The Morgan fingerprint density at radius 1 is 1.29 bits per heavy atom. The van der Waals surface area contributed by atoms with Gasteiger partial charge in [0, 0.05) is 11.7 Å². The average Bonchev–Trinajstić information content (AvgIpc) is 2.07. The maximum atomic E-state index is 4.25. The molecule has 0 unspecified atom stereocenters. The highest BCUT2D eigenvalue weighted by Crippen LogP contribution is 2.11. The maximum absolute atomic E-state index is 4.25. The molecule has 0 aromatic carbocycles. The molecular formula is C12H20N2. The summed E-state index contributed by atoms with van der Waals surface area (Å²) in [6.07, 6.45) is 3.08. The summed E-state index contributed by atoms with van der Waals surface area (Å²) in [4.78, 5) is 4.25.